The second-order valence-corrected chi connectivity index (χ2v) is 3.09. The van der Waals surface area contributed by atoms with Gasteiger partial charge in [-0.15, -0.1) is 0 Å². The molecule has 0 rings (SSSR count). The van der Waals surface area contributed by atoms with Crippen molar-refractivity contribution >= 4 is 10.1 Å². The van der Waals surface area contributed by atoms with E-state index in [0.29, 0.717) is 0 Å². The van der Waals surface area contributed by atoms with Crippen molar-refractivity contribution in [3.05, 3.63) is 0 Å². The van der Waals surface area contributed by atoms with E-state index in [1.165, 1.54) is 6.92 Å². The summed E-state index contributed by atoms with van der Waals surface area (Å²) >= 11 is 0. The summed E-state index contributed by atoms with van der Waals surface area (Å²) in [5.74, 6) is -0.590. The highest BCUT2D eigenvalue weighted by Gasteiger charge is 2.07. The van der Waals surface area contributed by atoms with E-state index in [0.717, 1.165) is 0 Å². The molecule has 0 heterocycles. The van der Waals surface area contributed by atoms with Crippen molar-refractivity contribution in [2.45, 2.75) is 13.0 Å². The number of hydrogen-bond acceptors (Lipinski definition) is 4. The zero-order valence-corrected chi connectivity index (χ0v) is 5.93. The number of aliphatic hydroxyl groups excluding tert-OH is 1. The van der Waals surface area contributed by atoms with Crippen molar-refractivity contribution in [1.82, 2.24) is 6.15 Å². The van der Waals surface area contributed by atoms with E-state index in [1.807, 2.05) is 0 Å². The Hall–Kier alpha value is -0.170. The van der Waals surface area contributed by atoms with E-state index >= 15 is 0 Å². The van der Waals surface area contributed by atoms with Crippen LogP contribution in [0.5, 0.6) is 0 Å². The van der Waals surface area contributed by atoms with Gasteiger partial charge in [-0.25, -0.2) is 0 Å². The average Bonchev–Trinajstić information content (AvgIpc) is 1.21. The van der Waals surface area contributed by atoms with E-state index in [2.05, 4.69) is 0 Å². The molecule has 0 spiro atoms. The molecule has 1 atom stereocenters. The summed E-state index contributed by atoms with van der Waals surface area (Å²) in [5, 5.41) is 8.35. The largest absolute Gasteiger partial charge is 0.392 e. The maximum atomic E-state index is 9.84. The lowest BCUT2D eigenvalue weighted by Crippen LogP contribution is -2.16. The lowest BCUT2D eigenvalue weighted by molar-refractivity contribution is 0.215. The Morgan fingerprint density at radius 3 is 1.89 bits per heavy atom. The topological polar surface area (TPSA) is 110 Å². The van der Waals surface area contributed by atoms with Gasteiger partial charge in [0, 0.05) is 0 Å². The molecule has 0 radical (unpaired) electrons. The van der Waals surface area contributed by atoms with Crippen LogP contribution in [0, 0.1) is 0 Å². The van der Waals surface area contributed by atoms with Crippen LogP contribution in [-0.4, -0.2) is 29.9 Å². The molecule has 9 heavy (non-hydrogen) atoms. The lowest BCUT2D eigenvalue weighted by Gasteiger charge is -1.97. The predicted molar refractivity (Wildman–Crippen MR) is 33.1 cm³/mol. The highest BCUT2D eigenvalue weighted by Crippen LogP contribution is 1.86. The summed E-state index contributed by atoms with van der Waals surface area (Å²) in [4.78, 5) is 0. The molecular formula is C3H11NO4S. The SMILES string of the molecule is CC(O)CS(=O)(=O)O.N. The van der Waals surface area contributed by atoms with E-state index in [1.54, 1.807) is 0 Å². The van der Waals surface area contributed by atoms with Crippen LogP contribution in [-0.2, 0) is 10.1 Å². The number of aliphatic hydroxyl groups is 1. The quantitative estimate of drug-likeness (QED) is 0.464. The lowest BCUT2D eigenvalue weighted by atomic mass is 10.5. The highest BCUT2D eigenvalue weighted by atomic mass is 32.2. The van der Waals surface area contributed by atoms with Gasteiger partial charge in [-0.1, -0.05) is 0 Å². The maximum Gasteiger partial charge on any atom is 0.267 e. The number of hydrogen-bond donors (Lipinski definition) is 3. The number of rotatable bonds is 2. The van der Waals surface area contributed by atoms with E-state index in [-0.39, 0.29) is 6.15 Å². The molecule has 5 nitrogen and oxygen atoms in total. The van der Waals surface area contributed by atoms with E-state index < -0.39 is 22.0 Å². The molecule has 0 aliphatic heterocycles. The van der Waals surface area contributed by atoms with Gasteiger partial charge in [-0.3, -0.25) is 4.55 Å². The zero-order chi connectivity index (χ0) is 6.78. The van der Waals surface area contributed by atoms with E-state index in [9.17, 15) is 8.42 Å². The molecule has 6 heteroatoms. The normalized spacial score (nSPS) is 14.1. The summed E-state index contributed by atoms with van der Waals surface area (Å²) in [6.45, 7) is 1.29. The molecule has 0 amide bonds. The van der Waals surface area contributed by atoms with Gasteiger partial charge in [-0.05, 0) is 6.92 Å². The van der Waals surface area contributed by atoms with Crippen LogP contribution in [0.3, 0.4) is 0 Å². The summed E-state index contributed by atoms with van der Waals surface area (Å²) in [6, 6.07) is 0. The molecule has 0 aromatic heterocycles. The molecule has 0 aliphatic rings. The van der Waals surface area contributed by atoms with Crippen LogP contribution >= 0.6 is 0 Å². The van der Waals surface area contributed by atoms with Crippen LogP contribution < -0.4 is 6.15 Å². The minimum Gasteiger partial charge on any atom is -0.392 e. The van der Waals surface area contributed by atoms with Crippen LogP contribution in [0.1, 0.15) is 6.92 Å². The Labute approximate surface area is 54.0 Å². The highest BCUT2D eigenvalue weighted by molar-refractivity contribution is 7.85. The molecule has 0 aromatic carbocycles. The van der Waals surface area contributed by atoms with Gasteiger partial charge >= 0.3 is 0 Å². The average molecular weight is 157 g/mol. The van der Waals surface area contributed by atoms with Crippen molar-refractivity contribution < 1.29 is 18.1 Å². The smallest absolute Gasteiger partial charge is 0.267 e. The van der Waals surface area contributed by atoms with Crippen LogP contribution in [0.2, 0.25) is 0 Å². The zero-order valence-electron chi connectivity index (χ0n) is 5.11. The van der Waals surface area contributed by atoms with Gasteiger partial charge in [-0.2, -0.15) is 8.42 Å². The monoisotopic (exact) mass is 157 g/mol. The van der Waals surface area contributed by atoms with E-state index in [4.69, 9.17) is 9.66 Å². The third-order valence-corrected chi connectivity index (χ3v) is 1.36. The summed E-state index contributed by atoms with van der Waals surface area (Å²) in [7, 11) is -3.97. The molecule has 0 aliphatic carbocycles. The molecule has 5 N–H and O–H groups in total. The molecule has 0 bridgehead atoms. The molecule has 0 fully saturated rings. The Morgan fingerprint density at radius 2 is 1.89 bits per heavy atom. The molecule has 0 saturated carbocycles. The third kappa shape index (κ3) is 11.4. The fourth-order valence-electron chi connectivity index (χ4n) is 0.305. The van der Waals surface area contributed by atoms with Crippen LogP contribution in [0.4, 0.5) is 0 Å². The Kier molecular flexibility index (Phi) is 4.87. The summed E-state index contributed by atoms with van der Waals surface area (Å²) in [6.07, 6.45) is -0.995. The molecular weight excluding hydrogens is 146 g/mol. The van der Waals surface area contributed by atoms with Gasteiger partial charge in [0.15, 0.2) is 0 Å². The second kappa shape index (κ2) is 3.78. The molecule has 0 aromatic rings. The van der Waals surface area contributed by atoms with Crippen molar-refractivity contribution in [3.63, 3.8) is 0 Å². The van der Waals surface area contributed by atoms with Crippen molar-refractivity contribution in [2.24, 2.45) is 0 Å². The van der Waals surface area contributed by atoms with Gasteiger partial charge in [0.05, 0.1) is 6.10 Å². The fraction of sp³-hybridized carbons (Fsp3) is 1.00. The fourth-order valence-corrected chi connectivity index (χ4v) is 0.914. The Bertz CT molecular complexity index is 149. The minimum atomic E-state index is -3.97. The second-order valence-electron chi connectivity index (χ2n) is 1.60. The molecule has 1 unspecified atom stereocenters. The first-order valence-electron chi connectivity index (χ1n) is 2.05. The van der Waals surface area contributed by atoms with Gasteiger partial charge in [0.1, 0.15) is 5.75 Å². The van der Waals surface area contributed by atoms with Crippen LogP contribution in [0.15, 0.2) is 0 Å². The summed E-state index contributed by atoms with van der Waals surface area (Å²) in [5.41, 5.74) is 0. The maximum absolute atomic E-state index is 9.84. The van der Waals surface area contributed by atoms with Crippen molar-refractivity contribution in [2.75, 3.05) is 5.75 Å². The first-order chi connectivity index (χ1) is 3.42. The van der Waals surface area contributed by atoms with Gasteiger partial charge < -0.3 is 11.3 Å². The Morgan fingerprint density at radius 1 is 1.56 bits per heavy atom. The van der Waals surface area contributed by atoms with Gasteiger partial charge in [0.25, 0.3) is 10.1 Å². The van der Waals surface area contributed by atoms with Gasteiger partial charge in [0.2, 0.25) is 0 Å². The van der Waals surface area contributed by atoms with Crippen molar-refractivity contribution in [1.29, 1.82) is 0 Å². The minimum absolute atomic E-state index is 0. The predicted octanol–water partition coefficient (Wildman–Crippen LogP) is -0.583. The molecule has 58 valence electrons. The molecule has 0 saturated heterocycles. The third-order valence-electron chi connectivity index (χ3n) is 0.452. The van der Waals surface area contributed by atoms with Crippen LogP contribution in [0.25, 0.3) is 0 Å². The standard InChI is InChI=1S/C3H8O4S.H3N/c1-3(4)2-8(5,6)7;/h3-4H,2H2,1H3,(H,5,6,7);1H3. The first-order valence-corrected chi connectivity index (χ1v) is 3.66. The van der Waals surface area contributed by atoms with Crippen molar-refractivity contribution in [3.8, 4) is 0 Å². The summed E-state index contributed by atoms with van der Waals surface area (Å²) < 4.78 is 27.7. The Balaban J connectivity index is 0. The first kappa shape index (κ1) is 11.6.